The minimum Gasteiger partial charge on any atom is -0.496 e. The fourth-order valence-corrected chi connectivity index (χ4v) is 5.90. The van der Waals surface area contributed by atoms with E-state index in [4.69, 9.17) is 9.47 Å². The van der Waals surface area contributed by atoms with Gasteiger partial charge in [-0.2, -0.15) is 0 Å². The van der Waals surface area contributed by atoms with Crippen molar-refractivity contribution in [3.05, 3.63) is 59.7 Å². The summed E-state index contributed by atoms with van der Waals surface area (Å²) in [5.74, 6) is 0.112. The summed E-state index contributed by atoms with van der Waals surface area (Å²) < 4.78 is 10.9. The first-order valence-corrected chi connectivity index (χ1v) is 11.7. The lowest BCUT2D eigenvalue weighted by atomic mass is 9.68. The fraction of sp³-hybridized carbons (Fsp3) is 0.462. The zero-order valence-corrected chi connectivity index (χ0v) is 19.2. The number of para-hydroxylation sites is 1. The van der Waals surface area contributed by atoms with Crippen molar-refractivity contribution in [3.63, 3.8) is 0 Å². The molecular weight excluding hydrogens is 418 g/mol. The van der Waals surface area contributed by atoms with Crippen LogP contribution in [0.1, 0.15) is 24.8 Å². The number of amides is 2. The van der Waals surface area contributed by atoms with Crippen LogP contribution >= 0.6 is 0 Å². The van der Waals surface area contributed by atoms with Crippen molar-refractivity contribution in [2.24, 2.45) is 17.3 Å². The molecule has 3 unspecified atom stereocenters. The molecule has 0 bridgehead atoms. The zero-order valence-electron chi connectivity index (χ0n) is 19.2. The van der Waals surface area contributed by atoms with Gasteiger partial charge in [0, 0.05) is 23.6 Å². The Kier molecular flexibility index (Phi) is 5.74. The third-order valence-electron chi connectivity index (χ3n) is 7.51. The van der Waals surface area contributed by atoms with Gasteiger partial charge in [-0.15, -0.1) is 0 Å². The number of nitrogens with one attached hydrogen (secondary N) is 2. The Morgan fingerprint density at radius 3 is 2.85 bits per heavy atom. The summed E-state index contributed by atoms with van der Waals surface area (Å²) >= 11 is 0. The molecule has 5 rings (SSSR count). The Labute approximate surface area is 193 Å². The number of carbonyl (C=O) groups is 2. The maximum Gasteiger partial charge on any atom is 0.238 e. The maximum absolute atomic E-state index is 13.0. The molecule has 1 aromatic carbocycles. The van der Waals surface area contributed by atoms with Crippen LogP contribution in [0.2, 0.25) is 0 Å². The fourth-order valence-electron chi connectivity index (χ4n) is 5.90. The molecule has 2 amide bonds. The Balaban J connectivity index is 1.22. The largest absolute Gasteiger partial charge is 0.496 e. The number of imide groups is 1. The van der Waals surface area contributed by atoms with Gasteiger partial charge in [-0.25, -0.2) is 0 Å². The van der Waals surface area contributed by atoms with Gasteiger partial charge in [0.25, 0.3) is 0 Å². The van der Waals surface area contributed by atoms with Gasteiger partial charge in [0.2, 0.25) is 11.8 Å². The molecule has 174 valence electrons. The highest BCUT2D eigenvalue weighted by Gasteiger charge is 2.59. The summed E-state index contributed by atoms with van der Waals surface area (Å²) in [4.78, 5) is 31.5. The van der Waals surface area contributed by atoms with Gasteiger partial charge >= 0.3 is 0 Å². The van der Waals surface area contributed by atoms with Crippen molar-refractivity contribution >= 4 is 22.7 Å². The zero-order chi connectivity index (χ0) is 23.0. The van der Waals surface area contributed by atoms with Crippen LogP contribution in [0.5, 0.6) is 0 Å². The van der Waals surface area contributed by atoms with E-state index in [1.165, 1.54) is 23.6 Å². The van der Waals surface area contributed by atoms with E-state index < -0.39 is 11.3 Å². The molecule has 2 N–H and O–H groups in total. The number of fused-ring (bicyclic) bond motifs is 2. The second-order valence-electron chi connectivity index (χ2n) is 9.38. The smallest absolute Gasteiger partial charge is 0.238 e. The normalized spacial score (nSPS) is 27.3. The van der Waals surface area contributed by atoms with E-state index in [1.807, 2.05) is 6.08 Å². The van der Waals surface area contributed by atoms with Gasteiger partial charge in [-0.3, -0.25) is 14.9 Å². The minimum absolute atomic E-state index is 0.226. The number of rotatable bonds is 8. The Bertz CT molecular complexity index is 1130. The lowest BCUT2D eigenvalue weighted by Gasteiger charge is -2.34. The molecule has 0 radical (unpaired) electrons. The number of hydrogen-bond donors (Lipinski definition) is 2. The number of H-pyrrole nitrogens is 1. The summed E-state index contributed by atoms with van der Waals surface area (Å²) in [7, 11) is 3.07. The molecule has 2 aliphatic heterocycles. The van der Waals surface area contributed by atoms with Crippen molar-refractivity contribution in [3.8, 4) is 0 Å². The number of aryl methyl sites for hydroxylation is 1. The molecule has 0 saturated carbocycles. The standard InChI is InChI=1S/C26H31N3O4/c1-32-21-9-11-26(22(23(21)33-2)24(30)28-25(26)31)14-17-10-13-29(16-17)12-5-6-18-15-27-20-8-4-3-7-19(18)20/h3-4,7-9,11,15,17,22,27H,5-6,10,12-14,16H2,1-2H3,(H,28,30,31). The number of hydrogen-bond acceptors (Lipinski definition) is 5. The van der Waals surface area contributed by atoms with Gasteiger partial charge in [-0.05, 0) is 62.4 Å². The van der Waals surface area contributed by atoms with Gasteiger partial charge in [0.05, 0.1) is 19.6 Å². The number of carbonyl (C=O) groups excluding carboxylic acids is 2. The predicted octanol–water partition coefficient (Wildman–Crippen LogP) is 3.15. The second-order valence-corrected chi connectivity index (χ2v) is 9.38. The van der Waals surface area contributed by atoms with E-state index in [9.17, 15) is 9.59 Å². The van der Waals surface area contributed by atoms with Crippen LogP contribution in [-0.4, -0.2) is 55.6 Å². The summed E-state index contributed by atoms with van der Waals surface area (Å²) in [6.45, 7) is 3.00. The molecule has 2 fully saturated rings. The summed E-state index contributed by atoms with van der Waals surface area (Å²) in [6, 6.07) is 8.42. The molecule has 2 saturated heterocycles. The number of nitrogens with zero attached hydrogens (tertiary/aromatic N) is 1. The number of aromatic nitrogens is 1. The molecule has 0 spiro atoms. The van der Waals surface area contributed by atoms with Crippen LogP contribution in [0.15, 0.2) is 54.1 Å². The molecule has 7 nitrogen and oxygen atoms in total. The molecule has 3 heterocycles. The number of ether oxygens (including phenoxy) is 2. The van der Waals surface area contributed by atoms with E-state index in [2.05, 4.69) is 45.7 Å². The Hall–Kier alpha value is -3.06. The topological polar surface area (TPSA) is 83.7 Å². The second kappa shape index (κ2) is 8.71. The number of benzene rings is 1. The number of aromatic amines is 1. The van der Waals surface area contributed by atoms with Crippen molar-refractivity contribution in [2.45, 2.75) is 25.7 Å². The van der Waals surface area contributed by atoms with Crippen LogP contribution in [0.25, 0.3) is 10.9 Å². The Morgan fingerprint density at radius 1 is 1.18 bits per heavy atom. The molecule has 2 aromatic rings. The summed E-state index contributed by atoms with van der Waals surface area (Å²) in [6.07, 6.45) is 9.56. The average molecular weight is 450 g/mol. The van der Waals surface area contributed by atoms with Crippen molar-refractivity contribution in [1.29, 1.82) is 0 Å². The first kappa shape index (κ1) is 21.8. The van der Waals surface area contributed by atoms with Gasteiger partial charge < -0.3 is 19.4 Å². The van der Waals surface area contributed by atoms with E-state index in [0.717, 1.165) is 38.9 Å². The SMILES string of the molecule is COC1=C(OC)C2C(=O)NC(=O)C2(CC2CCN(CCCc3c[nH]c4ccccc34)C2)C=C1. The number of methoxy groups -OCH3 is 2. The van der Waals surface area contributed by atoms with Crippen LogP contribution in [0, 0.1) is 17.3 Å². The number of allylic oxidation sites excluding steroid dienone is 1. The molecule has 3 atom stereocenters. The van der Waals surface area contributed by atoms with Crippen LogP contribution < -0.4 is 5.32 Å². The van der Waals surface area contributed by atoms with E-state index in [1.54, 1.807) is 13.2 Å². The van der Waals surface area contributed by atoms with Crippen LogP contribution in [-0.2, 0) is 25.5 Å². The van der Waals surface area contributed by atoms with Crippen molar-refractivity contribution in [1.82, 2.24) is 15.2 Å². The Morgan fingerprint density at radius 2 is 2.03 bits per heavy atom. The van der Waals surface area contributed by atoms with E-state index in [-0.39, 0.29) is 11.8 Å². The average Bonchev–Trinajstić information content (AvgIpc) is 3.51. The maximum atomic E-state index is 13.0. The molecule has 33 heavy (non-hydrogen) atoms. The highest BCUT2D eigenvalue weighted by Crippen LogP contribution is 2.49. The predicted molar refractivity (Wildman–Crippen MR) is 125 cm³/mol. The van der Waals surface area contributed by atoms with Gasteiger partial charge in [0.15, 0.2) is 11.5 Å². The third kappa shape index (κ3) is 3.74. The van der Waals surface area contributed by atoms with E-state index >= 15 is 0 Å². The first-order valence-electron chi connectivity index (χ1n) is 11.7. The summed E-state index contributed by atoms with van der Waals surface area (Å²) in [5.41, 5.74) is 1.66. The van der Waals surface area contributed by atoms with E-state index in [0.29, 0.717) is 23.9 Å². The molecular formula is C26H31N3O4. The molecule has 3 aliphatic rings. The monoisotopic (exact) mass is 449 g/mol. The lowest BCUT2D eigenvalue weighted by molar-refractivity contribution is -0.127. The molecule has 7 heteroatoms. The third-order valence-corrected chi connectivity index (χ3v) is 7.51. The highest BCUT2D eigenvalue weighted by molar-refractivity contribution is 6.10. The van der Waals surface area contributed by atoms with Crippen LogP contribution in [0.3, 0.4) is 0 Å². The first-order chi connectivity index (χ1) is 16.1. The number of likely N-dealkylation sites (tertiary alicyclic amines) is 1. The van der Waals surface area contributed by atoms with Gasteiger partial charge in [0.1, 0.15) is 5.92 Å². The van der Waals surface area contributed by atoms with Crippen molar-refractivity contribution in [2.75, 3.05) is 33.9 Å². The minimum atomic E-state index is -0.894. The van der Waals surface area contributed by atoms with Crippen LogP contribution in [0.4, 0.5) is 0 Å². The summed E-state index contributed by atoms with van der Waals surface area (Å²) in [5, 5.41) is 3.85. The molecule has 1 aliphatic carbocycles. The highest BCUT2D eigenvalue weighted by atomic mass is 16.5. The van der Waals surface area contributed by atoms with Crippen molar-refractivity contribution < 1.29 is 19.1 Å². The van der Waals surface area contributed by atoms with Gasteiger partial charge in [-0.1, -0.05) is 24.3 Å². The quantitative estimate of drug-likeness (QED) is 0.605. The lowest BCUT2D eigenvalue weighted by Crippen LogP contribution is -2.39. The molecule has 1 aromatic heterocycles.